The number of likely N-dealkylation sites (tertiary alicyclic amines) is 1. The van der Waals surface area contributed by atoms with Crippen molar-refractivity contribution in [3.05, 3.63) is 52.3 Å². The first-order chi connectivity index (χ1) is 21.0. The Hall–Kier alpha value is -2.89. The Balaban J connectivity index is 0.000000382. The molecule has 2 aliphatic rings. The van der Waals surface area contributed by atoms with Gasteiger partial charge in [-0.1, -0.05) is 25.4 Å². The number of rotatable bonds is 11. The van der Waals surface area contributed by atoms with Crippen LogP contribution in [0.3, 0.4) is 0 Å². The van der Waals surface area contributed by atoms with Crippen LogP contribution in [0.2, 0.25) is 5.02 Å². The second kappa shape index (κ2) is 15.4. The molecule has 1 aromatic carbocycles. The van der Waals surface area contributed by atoms with Crippen LogP contribution < -0.4 is 9.62 Å². The second-order valence-corrected chi connectivity index (χ2v) is 14.4. The smallest absolute Gasteiger partial charge is 0.256 e. The predicted molar refractivity (Wildman–Crippen MR) is 181 cm³/mol. The van der Waals surface area contributed by atoms with Crippen LogP contribution in [0.15, 0.2) is 30.3 Å². The van der Waals surface area contributed by atoms with E-state index >= 15 is 0 Å². The monoisotopic (exact) mass is 647 g/mol. The summed E-state index contributed by atoms with van der Waals surface area (Å²) in [6, 6.07) is 8.87. The topological polar surface area (TPSA) is 86.1 Å². The molecule has 0 radical (unpaired) electrons. The predicted octanol–water partition coefficient (Wildman–Crippen LogP) is 6.02. The third kappa shape index (κ3) is 8.63. The van der Waals surface area contributed by atoms with Gasteiger partial charge in [0.05, 0.1) is 23.0 Å². The summed E-state index contributed by atoms with van der Waals surface area (Å²) >= 11 is 6.24. The van der Waals surface area contributed by atoms with E-state index in [1.165, 1.54) is 12.7 Å². The number of nitrogens with one attached hydrogen (secondary N) is 1. The number of hydrogen-bond donors (Lipinski definition) is 1. The Morgan fingerprint density at radius 1 is 1.11 bits per heavy atom. The number of anilines is 2. The van der Waals surface area contributed by atoms with E-state index in [0.29, 0.717) is 29.4 Å². The summed E-state index contributed by atoms with van der Waals surface area (Å²) < 4.78 is 28.9. The van der Waals surface area contributed by atoms with E-state index in [-0.39, 0.29) is 18.6 Å². The average Bonchev–Trinajstić information content (AvgIpc) is 3.38. The zero-order chi connectivity index (χ0) is 31.9. The summed E-state index contributed by atoms with van der Waals surface area (Å²) in [5, 5.41) is 5.29. The molecule has 1 N–H and O–H groups in total. The maximum Gasteiger partial charge on any atom is 0.256 e. The molecule has 44 heavy (non-hydrogen) atoms. The quantitative estimate of drug-likeness (QED) is 0.256. The van der Waals surface area contributed by atoms with Crippen molar-refractivity contribution in [2.45, 2.75) is 65.3 Å². The van der Waals surface area contributed by atoms with Crippen LogP contribution in [0.5, 0.6) is 0 Å². The maximum atomic E-state index is 13.8. The van der Waals surface area contributed by atoms with Gasteiger partial charge in [0.25, 0.3) is 5.91 Å². The van der Waals surface area contributed by atoms with Crippen LogP contribution in [0.25, 0.3) is 5.65 Å². The SMILES string of the molecule is C=S(C)(=O)Nc1ccc(Cl)cc1C(=O)N1CCCC[C@H]1c1cc2nc(N3CCC3)cc(C)n2n1.CCCN(CCC)CCF. The van der Waals surface area contributed by atoms with E-state index in [2.05, 4.69) is 40.3 Å². The number of carbonyl (C=O) groups excluding carboxylic acids is 1. The first-order valence-corrected chi connectivity index (χ1v) is 18.2. The highest BCUT2D eigenvalue weighted by atomic mass is 35.5. The van der Waals surface area contributed by atoms with Crippen LogP contribution in [0, 0.1) is 6.92 Å². The minimum Gasteiger partial charge on any atom is -0.356 e. The number of alkyl halides is 1. The zero-order valence-electron chi connectivity index (χ0n) is 26.5. The highest BCUT2D eigenvalue weighted by Gasteiger charge is 2.32. The molecule has 2 saturated heterocycles. The summed E-state index contributed by atoms with van der Waals surface area (Å²) in [5.41, 5.74) is 3.49. The van der Waals surface area contributed by atoms with E-state index in [1.807, 2.05) is 22.4 Å². The average molecular weight is 648 g/mol. The second-order valence-electron chi connectivity index (χ2n) is 11.8. The highest BCUT2D eigenvalue weighted by Crippen LogP contribution is 2.34. The summed E-state index contributed by atoms with van der Waals surface area (Å²) in [5.74, 6) is 4.47. The molecule has 2 aliphatic heterocycles. The fourth-order valence-electron chi connectivity index (χ4n) is 5.74. The summed E-state index contributed by atoms with van der Waals surface area (Å²) in [4.78, 5) is 24.9. The molecular formula is C32H47ClFN7O2S. The lowest BCUT2D eigenvalue weighted by Crippen LogP contribution is -2.39. The minimum atomic E-state index is -2.56. The number of halogens is 2. The molecule has 3 aromatic rings. The number of aromatic nitrogens is 3. The van der Waals surface area contributed by atoms with Crippen LogP contribution >= 0.6 is 11.6 Å². The molecule has 0 bridgehead atoms. The third-order valence-corrected chi connectivity index (χ3v) is 8.80. The molecule has 242 valence electrons. The normalized spacial score (nSPS) is 18.0. The van der Waals surface area contributed by atoms with E-state index in [4.69, 9.17) is 21.7 Å². The minimum absolute atomic E-state index is 0.165. The fraction of sp³-hybridized carbons (Fsp3) is 0.562. The molecule has 4 heterocycles. The van der Waals surface area contributed by atoms with Crippen molar-refractivity contribution in [2.75, 3.05) is 61.8 Å². The van der Waals surface area contributed by atoms with Gasteiger partial charge in [0.1, 0.15) is 12.5 Å². The van der Waals surface area contributed by atoms with E-state index in [0.717, 1.165) is 81.1 Å². The zero-order valence-corrected chi connectivity index (χ0v) is 28.1. The Labute approximate surface area is 266 Å². The Bertz CT molecular complexity index is 1510. The Kier molecular flexibility index (Phi) is 11.9. The van der Waals surface area contributed by atoms with Gasteiger partial charge in [-0.2, -0.15) is 5.10 Å². The first kappa shape index (κ1) is 34.0. The van der Waals surface area contributed by atoms with Gasteiger partial charge in [-0.3, -0.25) is 4.79 Å². The molecule has 1 unspecified atom stereocenters. The summed E-state index contributed by atoms with van der Waals surface area (Å²) in [6.07, 6.45) is 7.68. The van der Waals surface area contributed by atoms with Crippen molar-refractivity contribution in [1.82, 2.24) is 24.4 Å². The molecule has 0 aliphatic carbocycles. The van der Waals surface area contributed by atoms with Gasteiger partial charge >= 0.3 is 0 Å². The molecular weight excluding hydrogens is 601 g/mol. The Morgan fingerprint density at radius 3 is 2.45 bits per heavy atom. The number of benzene rings is 1. The van der Waals surface area contributed by atoms with Crippen LogP contribution in [0.4, 0.5) is 15.9 Å². The van der Waals surface area contributed by atoms with E-state index in [9.17, 15) is 13.4 Å². The van der Waals surface area contributed by atoms with Crippen LogP contribution in [-0.4, -0.2) is 92.6 Å². The molecule has 12 heteroatoms. The van der Waals surface area contributed by atoms with Crippen molar-refractivity contribution in [1.29, 1.82) is 0 Å². The third-order valence-electron chi connectivity index (χ3n) is 7.91. The molecule has 1 amide bonds. The number of carbonyl (C=O) groups is 1. The van der Waals surface area contributed by atoms with Gasteiger partial charge in [0.15, 0.2) is 5.65 Å². The molecule has 5 rings (SSSR count). The molecule has 2 atom stereocenters. The van der Waals surface area contributed by atoms with Crippen molar-refractivity contribution in [3.63, 3.8) is 0 Å². The number of fused-ring (bicyclic) bond motifs is 1. The van der Waals surface area contributed by atoms with Gasteiger partial charge in [0.2, 0.25) is 0 Å². The molecule has 0 spiro atoms. The standard InChI is InChI=1S/C24H29ClN6O2S.C8H18FN/c1-16-13-22(29-10-6-11-29)26-23-15-20(27-31(16)23)21-7-4-5-12-30(21)24(32)18-14-17(25)8-9-19(18)28-34(2,3)33;1-3-6-10(7-4-2)8-5-9/h8-9,13-15,21H,2,4-7,10-12H2,1,3H3,(H,28,33);3-8H2,1-2H3/t21-,34?;/m0./s1. The first-order valence-electron chi connectivity index (χ1n) is 15.7. The number of amides is 1. The van der Waals surface area contributed by atoms with Crippen LogP contribution in [-0.2, 0) is 9.71 Å². The number of aryl methyl sites for hydroxylation is 1. The lowest BCUT2D eigenvalue weighted by atomic mass is 9.98. The van der Waals surface area contributed by atoms with Crippen molar-refractivity contribution >= 4 is 50.2 Å². The molecule has 2 fully saturated rings. The van der Waals surface area contributed by atoms with Gasteiger partial charge in [0, 0.05) is 65.0 Å². The number of piperidine rings is 1. The Morgan fingerprint density at radius 2 is 1.84 bits per heavy atom. The van der Waals surface area contributed by atoms with Gasteiger partial charge in [-0.15, -0.1) is 0 Å². The lowest BCUT2D eigenvalue weighted by Gasteiger charge is -2.35. The van der Waals surface area contributed by atoms with Crippen molar-refractivity contribution in [3.8, 4) is 0 Å². The summed E-state index contributed by atoms with van der Waals surface area (Å²) in [6.45, 7) is 11.4. The fourth-order valence-corrected chi connectivity index (χ4v) is 6.55. The number of hydrogen-bond acceptors (Lipinski definition) is 6. The lowest BCUT2D eigenvalue weighted by molar-refractivity contribution is 0.0607. The highest BCUT2D eigenvalue weighted by molar-refractivity contribution is 8.00. The van der Waals surface area contributed by atoms with Gasteiger partial charge in [-0.05, 0) is 82.6 Å². The summed E-state index contributed by atoms with van der Waals surface area (Å²) in [7, 11) is -2.56. The maximum absolute atomic E-state index is 13.8. The van der Waals surface area contributed by atoms with Crippen molar-refractivity contribution in [2.24, 2.45) is 0 Å². The molecule has 2 aromatic heterocycles. The largest absolute Gasteiger partial charge is 0.356 e. The number of nitrogens with zero attached hydrogens (tertiary/aromatic N) is 6. The van der Waals surface area contributed by atoms with E-state index < -0.39 is 9.71 Å². The molecule has 0 saturated carbocycles. The van der Waals surface area contributed by atoms with Crippen molar-refractivity contribution < 1.29 is 13.4 Å². The van der Waals surface area contributed by atoms with Gasteiger partial charge in [-0.25, -0.2) is 18.1 Å². The van der Waals surface area contributed by atoms with Crippen LogP contribution in [0.1, 0.15) is 80.2 Å². The van der Waals surface area contributed by atoms with Gasteiger partial charge < -0.3 is 19.4 Å². The van der Waals surface area contributed by atoms with E-state index in [1.54, 1.807) is 18.2 Å². The molecule has 9 nitrogen and oxygen atoms in total.